The van der Waals surface area contributed by atoms with Gasteiger partial charge in [-0.15, -0.1) is 0 Å². The molecule has 1 aliphatic rings. The van der Waals surface area contributed by atoms with Crippen LogP contribution in [-0.2, 0) is 0 Å². The van der Waals surface area contributed by atoms with Gasteiger partial charge in [0, 0.05) is 31.4 Å². The second-order valence-electron chi connectivity index (χ2n) is 2.98. The van der Waals surface area contributed by atoms with Crippen molar-refractivity contribution in [1.82, 2.24) is 15.1 Å². The monoisotopic (exact) mass is 162 g/mol. The predicted molar refractivity (Wildman–Crippen MR) is 43.2 cm³/mol. The van der Waals surface area contributed by atoms with E-state index in [0.717, 1.165) is 13.1 Å². The van der Waals surface area contributed by atoms with E-state index in [1.54, 1.807) is 10.9 Å². The minimum Gasteiger partial charge on any atom is -0.316 e. The highest BCUT2D eigenvalue weighted by molar-refractivity contribution is 4.99. The first-order chi connectivity index (χ1) is 5.92. The summed E-state index contributed by atoms with van der Waals surface area (Å²) in [5.74, 6) is 0.426. The van der Waals surface area contributed by atoms with Gasteiger partial charge in [-0.05, 0) is 6.07 Å². The Labute approximate surface area is 70.8 Å². The van der Waals surface area contributed by atoms with Gasteiger partial charge in [0.25, 0.3) is 0 Å². The number of rotatable bonds is 2. The smallest absolute Gasteiger partial charge is 0.143 e. The van der Waals surface area contributed by atoms with E-state index in [-0.39, 0.29) is 6.04 Å². The molecule has 0 saturated carbocycles. The fourth-order valence-corrected chi connectivity index (χ4v) is 1.36. The lowest BCUT2D eigenvalue weighted by atomic mass is 9.95. The van der Waals surface area contributed by atoms with Crippen molar-refractivity contribution in [2.45, 2.75) is 6.04 Å². The Morgan fingerprint density at radius 1 is 1.67 bits per heavy atom. The molecule has 0 amide bonds. The minimum absolute atomic E-state index is 0.0961. The lowest BCUT2D eigenvalue weighted by molar-refractivity contribution is 0.264. The Kier molecular flexibility index (Phi) is 1.80. The summed E-state index contributed by atoms with van der Waals surface area (Å²) in [5.41, 5.74) is 0. The van der Waals surface area contributed by atoms with Crippen LogP contribution in [0.2, 0.25) is 0 Å². The zero-order valence-electron chi connectivity index (χ0n) is 6.64. The van der Waals surface area contributed by atoms with E-state index >= 15 is 0 Å². The summed E-state index contributed by atoms with van der Waals surface area (Å²) in [7, 11) is 0. The Morgan fingerprint density at radius 3 is 2.92 bits per heavy atom. The molecule has 1 fully saturated rings. The second kappa shape index (κ2) is 2.95. The number of hydrogen-bond acceptors (Lipinski definition) is 3. The number of hydrogen-bond donors (Lipinski definition) is 1. The molecule has 1 N–H and O–H groups in total. The van der Waals surface area contributed by atoms with Crippen molar-refractivity contribution in [1.29, 1.82) is 5.26 Å². The molecule has 0 bridgehead atoms. The van der Waals surface area contributed by atoms with Gasteiger partial charge in [0.1, 0.15) is 6.04 Å². The standard InChI is InChI=1S/C8H10N4/c9-4-8(7-5-10-6-7)12-3-1-2-11-12/h1-3,7-8,10H,5-6H2. The third-order valence-electron chi connectivity index (χ3n) is 2.20. The molecule has 0 aliphatic carbocycles. The summed E-state index contributed by atoms with van der Waals surface area (Å²) in [5, 5.41) is 16.1. The molecule has 1 aliphatic heterocycles. The third kappa shape index (κ3) is 1.08. The van der Waals surface area contributed by atoms with Crippen LogP contribution in [0.1, 0.15) is 6.04 Å². The summed E-state index contributed by atoms with van der Waals surface area (Å²) in [6, 6.07) is 4.01. The summed E-state index contributed by atoms with van der Waals surface area (Å²) >= 11 is 0. The van der Waals surface area contributed by atoms with Gasteiger partial charge in [-0.25, -0.2) is 0 Å². The average molecular weight is 162 g/mol. The van der Waals surface area contributed by atoms with Gasteiger partial charge < -0.3 is 5.32 Å². The van der Waals surface area contributed by atoms with Crippen LogP contribution in [0.4, 0.5) is 0 Å². The zero-order chi connectivity index (χ0) is 8.39. The Balaban J connectivity index is 2.14. The lowest BCUT2D eigenvalue weighted by Gasteiger charge is -2.30. The van der Waals surface area contributed by atoms with E-state index in [9.17, 15) is 0 Å². The molecule has 1 unspecified atom stereocenters. The van der Waals surface area contributed by atoms with Gasteiger partial charge in [-0.1, -0.05) is 0 Å². The van der Waals surface area contributed by atoms with E-state index < -0.39 is 0 Å². The Bertz CT molecular complexity index is 281. The quantitative estimate of drug-likeness (QED) is 0.674. The average Bonchev–Trinajstić information content (AvgIpc) is 2.47. The van der Waals surface area contributed by atoms with E-state index in [2.05, 4.69) is 16.5 Å². The van der Waals surface area contributed by atoms with Gasteiger partial charge in [0.05, 0.1) is 6.07 Å². The van der Waals surface area contributed by atoms with Crippen LogP contribution >= 0.6 is 0 Å². The van der Waals surface area contributed by atoms with Crippen molar-refractivity contribution in [2.75, 3.05) is 13.1 Å². The molecule has 0 aromatic carbocycles. The molecule has 12 heavy (non-hydrogen) atoms. The largest absolute Gasteiger partial charge is 0.316 e. The summed E-state index contributed by atoms with van der Waals surface area (Å²) < 4.78 is 1.73. The maximum Gasteiger partial charge on any atom is 0.143 e. The van der Waals surface area contributed by atoms with Crippen LogP contribution < -0.4 is 5.32 Å². The fraction of sp³-hybridized carbons (Fsp3) is 0.500. The van der Waals surface area contributed by atoms with Gasteiger partial charge in [-0.2, -0.15) is 10.4 Å². The Hall–Kier alpha value is -1.34. The van der Waals surface area contributed by atoms with Crippen LogP contribution in [0, 0.1) is 17.2 Å². The van der Waals surface area contributed by atoms with Gasteiger partial charge in [0.15, 0.2) is 0 Å². The maximum atomic E-state index is 8.89. The van der Waals surface area contributed by atoms with Crippen LogP contribution in [0.25, 0.3) is 0 Å². The minimum atomic E-state index is -0.0961. The first kappa shape index (κ1) is 7.32. The van der Waals surface area contributed by atoms with E-state index in [4.69, 9.17) is 5.26 Å². The van der Waals surface area contributed by atoms with Crippen LogP contribution in [0.5, 0.6) is 0 Å². The molecule has 2 heterocycles. The lowest BCUT2D eigenvalue weighted by Crippen LogP contribution is -2.46. The zero-order valence-corrected chi connectivity index (χ0v) is 6.64. The molecule has 4 nitrogen and oxygen atoms in total. The van der Waals surface area contributed by atoms with Gasteiger partial charge >= 0.3 is 0 Å². The molecule has 0 radical (unpaired) electrons. The molecule has 2 rings (SSSR count). The van der Waals surface area contributed by atoms with Crippen molar-refractivity contribution in [3.8, 4) is 6.07 Å². The van der Waals surface area contributed by atoms with Crippen molar-refractivity contribution in [3.05, 3.63) is 18.5 Å². The van der Waals surface area contributed by atoms with Gasteiger partial charge in [-0.3, -0.25) is 4.68 Å². The highest BCUT2D eigenvalue weighted by Gasteiger charge is 2.28. The highest BCUT2D eigenvalue weighted by atomic mass is 15.3. The molecule has 1 atom stereocenters. The fourth-order valence-electron chi connectivity index (χ4n) is 1.36. The second-order valence-corrected chi connectivity index (χ2v) is 2.98. The maximum absolute atomic E-state index is 8.89. The van der Waals surface area contributed by atoms with Crippen molar-refractivity contribution in [2.24, 2.45) is 5.92 Å². The molecule has 62 valence electrons. The number of nitrogens with zero attached hydrogens (tertiary/aromatic N) is 3. The van der Waals surface area contributed by atoms with E-state index in [0.29, 0.717) is 5.92 Å². The molecular formula is C8H10N4. The number of aromatic nitrogens is 2. The normalized spacial score (nSPS) is 19.6. The van der Waals surface area contributed by atoms with Crippen molar-refractivity contribution >= 4 is 0 Å². The molecular weight excluding hydrogens is 152 g/mol. The number of nitrogens with one attached hydrogen (secondary N) is 1. The van der Waals surface area contributed by atoms with Crippen molar-refractivity contribution in [3.63, 3.8) is 0 Å². The Morgan fingerprint density at radius 2 is 2.50 bits per heavy atom. The van der Waals surface area contributed by atoms with E-state index in [1.807, 2.05) is 12.3 Å². The van der Waals surface area contributed by atoms with E-state index in [1.165, 1.54) is 0 Å². The first-order valence-corrected chi connectivity index (χ1v) is 4.01. The molecule has 0 spiro atoms. The predicted octanol–water partition coefficient (Wildman–Crippen LogP) is 0.167. The highest BCUT2D eigenvalue weighted by Crippen LogP contribution is 2.19. The molecule has 1 aromatic rings. The van der Waals surface area contributed by atoms with Gasteiger partial charge in [0.2, 0.25) is 0 Å². The van der Waals surface area contributed by atoms with Crippen LogP contribution in [-0.4, -0.2) is 22.9 Å². The molecule has 1 saturated heterocycles. The SMILES string of the molecule is N#CC(C1CNC1)n1cccn1. The summed E-state index contributed by atoms with van der Waals surface area (Å²) in [6.07, 6.45) is 3.54. The van der Waals surface area contributed by atoms with Crippen LogP contribution in [0.15, 0.2) is 18.5 Å². The summed E-state index contributed by atoms with van der Waals surface area (Å²) in [4.78, 5) is 0. The molecule has 4 heteroatoms. The summed E-state index contributed by atoms with van der Waals surface area (Å²) in [6.45, 7) is 1.86. The van der Waals surface area contributed by atoms with Crippen LogP contribution in [0.3, 0.4) is 0 Å². The molecule has 1 aromatic heterocycles. The third-order valence-corrected chi connectivity index (χ3v) is 2.20. The number of nitriles is 1. The first-order valence-electron chi connectivity index (χ1n) is 4.01. The van der Waals surface area contributed by atoms with Crippen molar-refractivity contribution < 1.29 is 0 Å². The topological polar surface area (TPSA) is 53.6 Å².